The van der Waals surface area contributed by atoms with Gasteiger partial charge in [-0.2, -0.15) is 0 Å². The van der Waals surface area contributed by atoms with Crippen molar-refractivity contribution in [1.29, 1.82) is 0 Å². The van der Waals surface area contributed by atoms with Crippen LogP contribution < -0.4 is 15.1 Å². The van der Waals surface area contributed by atoms with Crippen LogP contribution in [0.1, 0.15) is 168 Å². The molecule has 0 aliphatic heterocycles. The number of fused-ring (bicyclic) bond motifs is 2. The monoisotopic (exact) mass is 951 g/mol. The van der Waals surface area contributed by atoms with Crippen LogP contribution in [0.5, 0.6) is 0 Å². The third-order valence-corrected chi connectivity index (χ3v) is 13.6. The lowest BCUT2D eigenvalue weighted by atomic mass is 9.83. The molecule has 0 atom stereocenters. The van der Waals surface area contributed by atoms with E-state index < -0.39 is 0 Å². The summed E-state index contributed by atoms with van der Waals surface area (Å²) in [6.45, 7) is 18.3. The first-order valence-electron chi connectivity index (χ1n) is 23.4. The highest BCUT2D eigenvalue weighted by molar-refractivity contribution is 9.10. The van der Waals surface area contributed by atoms with Crippen molar-refractivity contribution in [3.8, 4) is 0 Å². The molecule has 0 spiro atoms. The molecule has 9 heteroatoms. The van der Waals surface area contributed by atoms with Crippen LogP contribution in [-0.4, -0.2) is 64.2 Å². The fourth-order valence-electron chi connectivity index (χ4n) is 9.76. The van der Waals surface area contributed by atoms with Crippen LogP contribution in [0.25, 0.3) is 43.1 Å². The van der Waals surface area contributed by atoms with Crippen molar-refractivity contribution >= 4 is 101 Å². The smallest absolute Gasteiger partial charge is 0.258 e. The predicted octanol–water partition coefficient (Wildman–Crippen LogP) is 14.4. The third-order valence-electron chi connectivity index (χ3n) is 12.9. The number of aliphatic hydroxyl groups is 1. The molecule has 1 amide bonds. The van der Waals surface area contributed by atoms with Crippen molar-refractivity contribution in [3.05, 3.63) is 122 Å². The van der Waals surface area contributed by atoms with Crippen LogP contribution in [0.4, 0.5) is 17.1 Å². The molecule has 0 aromatic heterocycles. The molecule has 7 aromatic carbocycles. The molecule has 0 saturated heterocycles. The van der Waals surface area contributed by atoms with E-state index in [1.54, 1.807) is 23.1 Å². The van der Waals surface area contributed by atoms with Gasteiger partial charge in [-0.25, -0.2) is 0 Å². The minimum absolute atomic E-state index is 0.159. The number of carbonyl (C=O) groups is 4. The number of aldehydes is 3. The summed E-state index contributed by atoms with van der Waals surface area (Å²) < 4.78 is 0.673. The van der Waals surface area contributed by atoms with Crippen LogP contribution in [0.15, 0.2) is 77.3 Å². The first-order chi connectivity index (χ1) is 31.5. The van der Waals surface area contributed by atoms with E-state index in [-0.39, 0.29) is 24.3 Å². The molecule has 0 fully saturated rings. The number of para-hydroxylation sites is 2. The number of amides is 1. The molecule has 2 N–H and O–H groups in total. The SMILES string of the molecule is CC(C)c1cccc(C(C)C)c1N(C)C.CC(C)c1cccc(C(C)C)c1N(C)C(=O)c1cc(NCCCCCCO)c2c3ccc(C=O)c4c(C=O)cc(Br)c(c5ccc(C=O)c1c52)c43. The summed E-state index contributed by atoms with van der Waals surface area (Å²) in [4.78, 5) is 56.6. The molecule has 0 heterocycles. The number of nitrogens with one attached hydrogen (secondary N) is 1. The number of unbranched alkanes of at least 4 members (excludes halogenated alkanes) is 3. The number of halogens is 1. The molecule has 0 aliphatic carbocycles. The normalized spacial score (nSPS) is 11.7. The lowest BCUT2D eigenvalue weighted by molar-refractivity contribution is 0.0993. The Morgan fingerprint density at radius 2 is 1.05 bits per heavy atom. The minimum Gasteiger partial charge on any atom is -0.396 e. The Kier molecular flexibility index (Phi) is 16.1. The van der Waals surface area contributed by atoms with Crippen LogP contribution in [0.2, 0.25) is 0 Å². The number of rotatable bonds is 17. The highest BCUT2D eigenvalue weighted by Gasteiger charge is 2.29. The molecule has 7 aromatic rings. The van der Waals surface area contributed by atoms with Crippen LogP contribution in [0, 0.1) is 0 Å². The Balaban J connectivity index is 0.000000408. The first-order valence-corrected chi connectivity index (χ1v) is 24.2. The number of anilines is 3. The van der Waals surface area contributed by atoms with E-state index in [2.05, 4.69) is 126 Å². The van der Waals surface area contributed by atoms with Gasteiger partial charge in [-0.3, -0.25) is 19.2 Å². The van der Waals surface area contributed by atoms with Crippen LogP contribution in [-0.2, 0) is 0 Å². The van der Waals surface area contributed by atoms with Crippen molar-refractivity contribution in [2.24, 2.45) is 0 Å². The lowest BCUT2D eigenvalue weighted by Gasteiger charge is -2.28. The molecule has 66 heavy (non-hydrogen) atoms. The zero-order valence-corrected chi connectivity index (χ0v) is 42.2. The average Bonchev–Trinajstić information content (AvgIpc) is 3.30. The van der Waals surface area contributed by atoms with E-state index in [1.807, 2.05) is 31.3 Å². The standard InChI is InChI=1S/C43H43BrN2O5.C14H23N/c1-24(2)29-11-10-12-30(25(3)4)42(29)46(5)43(51)33-20-35(45-17-8-6-7-9-18-47)39-32-16-13-26(21-48)36-28(23-50)19-34(44)38(40(32)36)31-15-14-27(22-49)37(33)41(31)39;1-10(2)12-8-7-9-13(11(3)4)14(12)15(5)6/h10-16,19-25,45,47H,6-9,17-18H2,1-5H3;7-11H,1-6H3. The van der Waals surface area contributed by atoms with E-state index in [9.17, 15) is 19.5 Å². The summed E-state index contributed by atoms with van der Waals surface area (Å²) in [6, 6.07) is 23.7. The van der Waals surface area contributed by atoms with Gasteiger partial charge in [-0.05, 0) is 81.7 Å². The van der Waals surface area contributed by atoms with Gasteiger partial charge in [0.1, 0.15) is 0 Å². The number of aliphatic hydroxyl groups excluding tert-OH is 1. The van der Waals surface area contributed by atoms with Crippen molar-refractivity contribution in [1.82, 2.24) is 0 Å². The molecule has 346 valence electrons. The largest absolute Gasteiger partial charge is 0.396 e. The van der Waals surface area contributed by atoms with Crippen molar-refractivity contribution in [3.63, 3.8) is 0 Å². The quantitative estimate of drug-likeness (QED) is 0.0405. The molecule has 0 saturated carbocycles. The van der Waals surface area contributed by atoms with Crippen molar-refractivity contribution in [2.75, 3.05) is 49.4 Å². The van der Waals surface area contributed by atoms with Gasteiger partial charge in [0.25, 0.3) is 5.91 Å². The summed E-state index contributed by atoms with van der Waals surface area (Å²) in [5.41, 5.74) is 9.64. The maximum atomic E-state index is 15.0. The second kappa shape index (κ2) is 21.3. The number of nitrogens with zero attached hydrogens (tertiary/aromatic N) is 2. The number of hydrogen-bond acceptors (Lipinski definition) is 7. The Bertz CT molecular complexity index is 2860. The lowest BCUT2D eigenvalue weighted by Crippen LogP contribution is -2.29. The molecule has 8 nitrogen and oxygen atoms in total. The topological polar surface area (TPSA) is 107 Å². The molecule has 0 unspecified atom stereocenters. The summed E-state index contributed by atoms with van der Waals surface area (Å²) in [5, 5.41) is 18.8. The Hall–Kier alpha value is -5.64. The summed E-state index contributed by atoms with van der Waals surface area (Å²) in [5.74, 6) is 1.27. The van der Waals surface area contributed by atoms with Gasteiger partial charge in [-0.15, -0.1) is 0 Å². The van der Waals surface area contributed by atoms with Crippen LogP contribution >= 0.6 is 15.9 Å². The second-order valence-corrected chi connectivity index (χ2v) is 19.8. The fraction of sp³-hybridized carbons (Fsp3) is 0.368. The van der Waals surface area contributed by atoms with Gasteiger partial charge in [-0.1, -0.05) is 145 Å². The van der Waals surface area contributed by atoms with Gasteiger partial charge < -0.3 is 20.2 Å². The van der Waals surface area contributed by atoms with Gasteiger partial charge in [0.05, 0.1) is 11.3 Å². The Labute approximate surface area is 399 Å². The number of carbonyl (C=O) groups excluding carboxylic acids is 4. The summed E-state index contributed by atoms with van der Waals surface area (Å²) in [7, 11) is 6.08. The van der Waals surface area contributed by atoms with Crippen LogP contribution in [0.3, 0.4) is 0 Å². The molecule has 7 rings (SSSR count). The summed E-state index contributed by atoms with van der Waals surface area (Å²) in [6.07, 6.45) is 5.76. The van der Waals surface area contributed by atoms with Gasteiger partial charge in [0.2, 0.25) is 0 Å². The summed E-state index contributed by atoms with van der Waals surface area (Å²) >= 11 is 3.75. The van der Waals surface area contributed by atoms with E-state index in [0.29, 0.717) is 55.9 Å². The van der Waals surface area contributed by atoms with Gasteiger partial charge in [0.15, 0.2) is 18.9 Å². The zero-order chi connectivity index (χ0) is 48.1. The fourth-order valence-corrected chi connectivity index (χ4v) is 10.4. The minimum atomic E-state index is -0.231. The average molecular weight is 953 g/mol. The maximum absolute atomic E-state index is 15.0. The highest BCUT2D eigenvalue weighted by atomic mass is 79.9. The molecule has 0 radical (unpaired) electrons. The van der Waals surface area contributed by atoms with E-state index >= 15 is 4.79 Å². The molecular weight excluding hydrogens is 887 g/mol. The second-order valence-electron chi connectivity index (χ2n) is 18.9. The van der Waals surface area contributed by atoms with E-state index in [4.69, 9.17) is 0 Å². The maximum Gasteiger partial charge on any atom is 0.258 e. The van der Waals surface area contributed by atoms with E-state index in [1.165, 1.54) is 16.8 Å². The predicted molar refractivity (Wildman–Crippen MR) is 282 cm³/mol. The van der Waals surface area contributed by atoms with E-state index in [0.717, 1.165) is 99.4 Å². The zero-order valence-electron chi connectivity index (χ0n) is 40.6. The number of benzene rings is 7. The molecular formula is C57H66BrN3O5. The van der Waals surface area contributed by atoms with Gasteiger partial charge >= 0.3 is 0 Å². The van der Waals surface area contributed by atoms with Crippen molar-refractivity contribution < 1.29 is 24.3 Å². The Morgan fingerprint density at radius 1 is 0.576 bits per heavy atom. The Morgan fingerprint density at radius 3 is 1.53 bits per heavy atom. The third kappa shape index (κ3) is 9.47. The van der Waals surface area contributed by atoms with Gasteiger partial charge in [0, 0.05) is 99.1 Å². The first kappa shape index (κ1) is 49.8. The highest BCUT2D eigenvalue weighted by Crippen LogP contribution is 2.49. The van der Waals surface area contributed by atoms with Crippen molar-refractivity contribution in [2.45, 2.75) is 105 Å². The molecule has 0 aliphatic rings. The molecule has 0 bridgehead atoms. The number of hydrogen-bond donors (Lipinski definition) is 2.